The minimum absolute atomic E-state index is 0.0611. The Labute approximate surface area is 279 Å². The van der Waals surface area contributed by atoms with Crippen LogP contribution in [-0.2, 0) is 29.0 Å². The molecule has 3 unspecified atom stereocenters. The highest BCUT2D eigenvalue weighted by molar-refractivity contribution is 7.92. The molecule has 2 aliphatic heterocycles. The maximum absolute atomic E-state index is 14.4. The first-order valence-corrected chi connectivity index (χ1v) is 19.0. The van der Waals surface area contributed by atoms with Gasteiger partial charge in [0, 0.05) is 13.1 Å². The van der Waals surface area contributed by atoms with Crippen LogP contribution in [0.25, 0.3) is 0 Å². The number of nitrogens with zero attached hydrogens (tertiary/aromatic N) is 1. The molecule has 2 heterocycles. The van der Waals surface area contributed by atoms with E-state index < -0.39 is 73.7 Å². The minimum Gasteiger partial charge on any atom is -0.346 e. The molecule has 2 saturated carbocycles. The van der Waals surface area contributed by atoms with Gasteiger partial charge in [-0.2, -0.15) is 0 Å². The molecule has 0 bridgehead atoms. The van der Waals surface area contributed by atoms with Gasteiger partial charge in [-0.05, 0) is 54.8 Å². The molecular weight excluding hydrogens is 622 g/mol. The van der Waals surface area contributed by atoms with Crippen LogP contribution in [0.3, 0.4) is 0 Å². The Bertz CT molecular complexity index is 1360. The Morgan fingerprint density at radius 1 is 1.02 bits per heavy atom. The van der Waals surface area contributed by atoms with Gasteiger partial charge in [0.1, 0.15) is 12.1 Å². The normalized spacial score (nSPS) is 28.3. The molecule has 5 amide bonds. The molecule has 4 fully saturated rings. The summed E-state index contributed by atoms with van der Waals surface area (Å²) in [6, 6.07) is -3.53. The second-order valence-corrected chi connectivity index (χ2v) is 18.0. The Balaban J connectivity index is 1.55. The number of urea groups is 1. The van der Waals surface area contributed by atoms with E-state index in [1.807, 2.05) is 27.7 Å². The first-order valence-electron chi connectivity index (χ1n) is 17.3. The summed E-state index contributed by atoms with van der Waals surface area (Å²) in [5.74, 6) is -2.44. The number of likely N-dealkylation sites (tertiary alicyclic amines) is 1. The number of amides is 5. The molecule has 2 aliphatic carbocycles. The molecule has 2 saturated heterocycles. The number of carbonyl (C=O) groups excluding carboxylic acids is 5. The lowest BCUT2D eigenvalue weighted by Crippen LogP contribution is -2.65. The largest absolute Gasteiger partial charge is 0.346 e. The summed E-state index contributed by atoms with van der Waals surface area (Å²) in [6.45, 7) is 15.4. The van der Waals surface area contributed by atoms with Crippen molar-refractivity contribution in [3.8, 4) is 0 Å². The van der Waals surface area contributed by atoms with Crippen molar-refractivity contribution in [3.05, 3.63) is 12.7 Å². The first kappa shape index (κ1) is 36.9. The standard InChI is InChI=1S/C34H55N5O7S/c1-8-14-22(26(40)29(42)35-18-9-2)36-28(41)25-24-21(33(24,6)7)20-39(25)30(43)27(32(3,4)5)37-31(44)38-34(16-11-10-12-17-34)23-15-13-19-47(23,45)46/h9,21-25,27H,2,8,10-20H2,1,3-7H3,(H,35,42)(H,36,41)(H2,37,38,44)/t21?,22?,23?,24-,25-,27+/m0/s1. The predicted molar refractivity (Wildman–Crippen MR) is 179 cm³/mol. The Morgan fingerprint density at radius 2 is 1.68 bits per heavy atom. The van der Waals surface area contributed by atoms with Gasteiger partial charge in [0.2, 0.25) is 17.6 Å². The van der Waals surface area contributed by atoms with Crippen LogP contribution < -0.4 is 21.3 Å². The number of piperidine rings is 1. The van der Waals surface area contributed by atoms with Crippen LogP contribution in [0.1, 0.15) is 99.3 Å². The summed E-state index contributed by atoms with van der Waals surface area (Å²) in [6.07, 6.45) is 7.07. The zero-order valence-corrected chi connectivity index (χ0v) is 29.8. The molecule has 0 aromatic heterocycles. The first-order chi connectivity index (χ1) is 21.9. The van der Waals surface area contributed by atoms with Crippen molar-refractivity contribution in [1.82, 2.24) is 26.2 Å². The number of fused-ring (bicyclic) bond motifs is 1. The van der Waals surface area contributed by atoms with Crippen LogP contribution in [0.2, 0.25) is 0 Å². The maximum atomic E-state index is 14.4. The van der Waals surface area contributed by atoms with Crippen molar-refractivity contribution < 1.29 is 32.4 Å². The van der Waals surface area contributed by atoms with E-state index in [1.165, 1.54) is 11.0 Å². The van der Waals surface area contributed by atoms with Crippen LogP contribution >= 0.6 is 0 Å². The average molecular weight is 678 g/mol. The quantitative estimate of drug-likeness (QED) is 0.182. The van der Waals surface area contributed by atoms with Gasteiger partial charge in [0.15, 0.2) is 9.84 Å². The second kappa shape index (κ2) is 13.9. The molecule has 0 aromatic rings. The van der Waals surface area contributed by atoms with E-state index in [0.29, 0.717) is 38.6 Å². The third-order valence-corrected chi connectivity index (χ3v) is 13.5. The van der Waals surface area contributed by atoms with Crippen molar-refractivity contribution >= 4 is 39.4 Å². The van der Waals surface area contributed by atoms with Crippen LogP contribution in [0, 0.1) is 22.7 Å². The molecule has 0 spiro atoms. The second-order valence-electron chi connectivity index (χ2n) is 15.7. The number of hydrogen-bond acceptors (Lipinski definition) is 7. The van der Waals surface area contributed by atoms with E-state index in [9.17, 15) is 32.4 Å². The zero-order valence-electron chi connectivity index (χ0n) is 28.9. The molecule has 0 aromatic carbocycles. The predicted octanol–water partition coefficient (Wildman–Crippen LogP) is 2.62. The highest BCUT2D eigenvalue weighted by atomic mass is 32.2. The van der Waals surface area contributed by atoms with E-state index in [0.717, 1.165) is 19.3 Å². The van der Waals surface area contributed by atoms with E-state index in [2.05, 4.69) is 41.7 Å². The fraction of sp³-hybridized carbons (Fsp3) is 0.794. The van der Waals surface area contributed by atoms with E-state index >= 15 is 0 Å². The third kappa shape index (κ3) is 7.54. The zero-order chi connectivity index (χ0) is 34.9. The summed E-state index contributed by atoms with van der Waals surface area (Å²) in [4.78, 5) is 69.0. The topological polar surface area (TPSA) is 171 Å². The number of ketones is 1. The van der Waals surface area contributed by atoms with Crippen molar-refractivity contribution in [2.24, 2.45) is 22.7 Å². The summed E-state index contributed by atoms with van der Waals surface area (Å²) < 4.78 is 26.0. The number of sulfone groups is 1. The lowest BCUT2D eigenvalue weighted by Gasteiger charge is -2.43. The minimum atomic E-state index is -3.35. The van der Waals surface area contributed by atoms with E-state index in [-0.39, 0.29) is 36.0 Å². The van der Waals surface area contributed by atoms with Gasteiger partial charge >= 0.3 is 6.03 Å². The number of nitrogens with one attached hydrogen (secondary N) is 4. The monoisotopic (exact) mass is 677 g/mol. The van der Waals surface area contributed by atoms with Crippen molar-refractivity contribution in [2.75, 3.05) is 18.8 Å². The van der Waals surface area contributed by atoms with E-state index in [4.69, 9.17) is 0 Å². The average Bonchev–Trinajstić information content (AvgIpc) is 3.30. The summed E-state index contributed by atoms with van der Waals surface area (Å²) in [5.41, 5.74) is -1.84. The van der Waals surface area contributed by atoms with Crippen LogP contribution in [0.15, 0.2) is 12.7 Å². The molecule has 13 heteroatoms. The maximum Gasteiger partial charge on any atom is 0.315 e. The van der Waals surface area contributed by atoms with Crippen LogP contribution in [-0.4, -0.2) is 90.6 Å². The molecule has 12 nitrogen and oxygen atoms in total. The molecule has 4 aliphatic rings. The van der Waals surface area contributed by atoms with Crippen molar-refractivity contribution in [3.63, 3.8) is 0 Å². The number of rotatable bonds is 12. The Morgan fingerprint density at radius 3 is 2.23 bits per heavy atom. The van der Waals surface area contributed by atoms with Crippen LogP contribution in [0.5, 0.6) is 0 Å². The lowest BCUT2D eigenvalue weighted by molar-refractivity contribution is -0.145. The third-order valence-electron chi connectivity index (χ3n) is 11.0. The summed E-state index contributed by atoms with van der Waals surface area (Å²) >= 11 is 0. The van der Waals surface area contributed by atoms with Crippen molar-refractivity contribution in [2.45, 2.75) is 128 Å². The number of carbonyl (C=O) groups is 5. The van der Waals surface area contributed by atoms with Gasteiger partial charge in [-0.3, -0.25) is 19.2 Å². The summed E-state index contributed by atoms with van der Waals surface area (Å²) in [7, 11) is -3.35. The van der Waals surface area contributed by atoms with Gasteiger partial charge in [0.25, 0.3) is 5.91 Å². The molecule has 4 rings (SSSR count). The van der Waals surface area contributed by atoms with Gasteiger partial charge in [0.05, 0.1) is 22.6 Å². The Kier molecular flexibility index (Phi) is 10.9. The smallest absolute Gasteiger partial charge is 0.315 e. The molecule has 4 N–H and O–H groups in total. The van der Waals surface area contributed by atoms with Gasteiger partial charge in [-0.15, -0.1) is 6.58 Å². The molecular formula is C34H55N5O7S. The molecule has 47 heavy (non-hydrogen) atoms. The van der Waals surface area contributed by atoms with Gasteiger partial charge in [-0.1, -0.05) is 73.3 Å². The highest BCUT2D eigenvalue weighted by Gasteiger charge is 2.70. The number of Topliss-reactive ketones (excluding diaryl/α,β-unsaturated/α-hetero) is 1. The highest BCUT2D eigenvalue weighted by Crippen LogP contribution is 2.65. The SMILES string of the molecule is C=CCNC(=O)C(=O)C(CCC)NC(=O)[C@@H]1[C@@H]2C(CN1C(=O)[C@@H](NC(=O)NC1(C3CCCS3(=O)=O)CCCCC1)C(C)(C)C)C2(C)C. The summed E-state index contributed by atoms with van der Waals surface area (Å²) in [5, 5.41) is 10.6. The lowest BCUT2D eigenvalue weighted by atomic mass is 9.78. The van der Waals surface area contributed by atoms with Crippen LogP contribution in [0.4, 0.5) is 4.79 Å². The van der Waals surface area contributed by atoms with Gasteiger partial charge < -0.3 is 26.2 Å². The van der Waals surface area contributed by atoms with E-state index in [1.54, 1.807) is 0 Å². The van der Waals surface area contributed by atoms with Crippen molar-refractivity contribution in [1.29, 1.82) is 0 Å². The molecule has 264 valence electrons. The molecule has 0 radical (unpaired) electrons. The fourth-order valence-corrected chi connectivity index (χ4v) is 10.7. The fourth-order valence-electron chi connectivity index (χ4n) is 8.37. The number of hydrogen-bond donors (Lipinski definition) is 4. The molecule has 6 atom stereocenters. The van der Waals surface area contributed by atoms with Gasteiger partial charge in [-0.25, -0.2) is 13.2 Å². The Hall–Kier alpha value is -2.96.